The Morgan fingerprint density at radius 1 is 1.38 bits per heavy atom. The molecule has 9 nitrogen and oxygen atoms in total. The van der Waals surface area contributed by atoms with Crippen LogP contribution in [0.3, 0.4) is 0 Å². The van der Waals surface area contributed by atoms with Crippen LogP contribution in [0.2, 0.25) is 0 Å². The molecule has 0 unspecified atom stereocenters. The largest absolute Gasteiger partial charge is 0.495 e. The summed E-state index contributed by atoms with van der Waals surface area (Å²) in [6, 6.07) is 4.75. The molecule has 2 heterocycles. The van der Waals surface area contributed by atoms with Crippen molar-refractivity contribution in [1.82, 2.24) is 20.5 Å². The van der Waals surface area contributed by atoms with E-state index in [9.17, 15) is 9.59 Å². The van der Waals surface area contributed by atoms with Gasteiger partial charge in [0.05, 0.1) is 12.8 Å². The second-order valence-electron chi connectivity index (χ2n) is 6.40. The summed E-state index contributed by atoms with van der Waals surface area (Å²) in [5.41, 5.74) is 0.954. The van der Waals surface area contributed by atoms with Crippen LogP contribution >= 0.6 is 0 Å². The molecule has 26 heavy (non-hydrogen) atoms. The Balaban J connectivity index is 1.53. The van der Waals surface area contributed by atoms with Gasteiger partial charge in [0.2, 0.25) is 5.95 Å². The molecule has 1 saturated carbocycles. The number of H-pyrrole nitrogens is 1. The zero-order valence-corrected chi connectivity index (χ0v) is 14.4. The number of ether oxygens (including phenoxy) is 1. The van der Waals surface area contributed by atoms with Gasteiger partial charge in [0, 0.05) is 24.6 Å². The number of hydrogen-bond acceptors (Lipinski definition) is 5. The first-order chi connectivity index (χ1) is 12.7. The second kappa shape index (κ2) is 6.66. The van der Waals surface area contributed by atoms with Crippen LogP contribution in [0.15, 0.2) is 18.2 Å². The zero-order valence-electron chi connectivity index (χ0n) is 14.4. The van der Waals surface area contributed by atoms with E-state index in [1.807, 2.05) is 0 Å². The van der Waals surface area contributed by atoms with Crippen molar-refractivity contribution < 1.29 is 14.3 Å². The zero-order chi connectivity index (χ0) is 18.1. The minimum atomic E-state index is -0.340. The first-order valence-corrected chi connectivity index (χ1v) is 8.63. The van der Waals surface area contributed by atoms with Gasteiger partial charge in [0.25, 0.3) is 5.91 Å². The SMILES string of the molecule is COc1ccc(C(=O)Nc2n[nH]c(C3CCC3)n2)cc1N1CCNC1=O. The van der Waals surface area contributed by atoms with Crippen LogP contribution < -0.4 is 20.3 Å². The lowest BCUT2D eigenvalue weighted by Crippen LogP contribution is -2.28. The van der Waals surface area contributed by atoms with Crippen LogP contribution in [-0.4, -0.2) is 47.3 Å². The fraction of sp³-hybridized carbons (Fsp3) is 0.412. The average molecular weight is 356 g/mol. The summed E-state index contributed by atoms with van der Waals surface area (Å²) >= 11 is 0. The number of urea groups is 1. The van der Waals surface area contributed by atoms with Crippen molar-refractivity contribution in [2.24, 2.45) is 0 Å². The van der Waals surface area contributed by atoms with Gasteiger partial charge in [-0.2, -0.15) is 4.98 Å². The van der Waals surface area contributed by atoms with Crippen molar-refractivity contribution in [2.75, 3.05) is 30.4 Å². The van der Waals surface area contributed by atoms with E-state index in [0.717, 1.165) is 18.7 Å². The average Bonchev–Trinajstić information content (AvgIpc) is 3.22. The Kier molecular flexibility index (Phi) is 4.19. The number of methoxy groups -OCH3 is 1. The molecule has 1 aromatic heterocycles. The molecule has 1 aromatic carbocycles. The van der Waals surface area contributed by atoms with Crippen molar-refractivity contribution in [1.29, 1.82) is 0 Å². The third-order valence-electron chi connectivity index (χ3n) is 4.81. The molecule has 3 N–H and O–H groups in total. The minimum Gasteiger partial charge on any atom is -0.495 e. The summed E-state index contributed by atoms with van der Waals surface area (Å²) in [7, 11) is 1.53. The molecule has 136 valence electrons. The van der Waals surface area contributed by atoms with E-state index in [1.165, 1.54) is 13.5 Å². The minimum absolute atomic E-state index is 0.208. The highest BCUT2D eigenvalue weighted by Gasteiger charge is 2.26. The van der Waals surface area contributed by atoms with Crippen LogP contribution in [0.25, 0.3) is 0 Å². The van der Waals surface area contributed by atoms with Crippen LogP contribution in [-0.2, 0) is 0 Å². The Labute approximate surface area is 150 Å². The predicted octanol–water partition coefficient (Wildman–Crippen LogP) is 1.86. The van der Waals surface area contributed by atoms with Crippen LogP contribution in [0, 0.1) is 0 Å². The fourth-order valence-electron chi connectivity index (χ4n) is 3.11. The third kappa shape index (κ3) is 2.96. The number of nitrogens with one attached hydrogen (secondary N) is 3. The summed E-state index contributed by atoms with van der Waals surface area (Å²) in [5.74, 6) is 1.68. The molecular weight excluding hydrogens is 336 g/mol. The predicted molar refractivity (Wildman–Crippen MR) is 94.7 cm³/mol. The Bertz CT molecular complexity index is 845. The highest BCUT2D eigenvalue weighted by atomic mass is 16.5. The molecular formula is C17H20N6O3. The first kappa shape index (κ1) is 16.4. The lowest BCUT2D eigenvalue weighted by Gasteiger charge is -2.22. The number of rotatable bonds is 5. The maximum Gasteiger partial charge on any atom is 0.322 e. The van der Waals surface area contributed by atoms with Gasteiger partial charge in [0.15, 0.2) is 0 Å². The monoisotopic (exact) mass is 356 g/mol. The highest BCUT2D eigenvalue weighted by Crippen LogP contribution is 2.34. The quantitative estimate of drug-likeness (QED) is 0.757. The van der Waals surface area contributed by atoms with Crippen molar-refractivity contribution in [3.63, 3.8) is 0 Å². The van der Waals surface area contributed by atoms with Gasteiger partial charge in [-0.05, 0) is 31.0 Å². The van der Waals surface area contributed by atoms with Crippen molar-refractivity contribution in [3.05, 3.63) is 29.6 Å². The van der Waals surface area contributed by atoms with E-state index in [-0.39, 0.29) is 17.9 Å². The molecule has 9 heteroatoms. The summed E-state index contributed by atoms with van der Waals surface area (Å²) in [6.45, 7) is 1.07. The molecule has 0 bridgehead atoms. The van der Waals surface area contributed by atoms with Crippen LogP contribution in [0.4, 0.5) is 16.4 Å². The van der Waals surface area contributed by atoms with Gasteiger partial charge in [-0.25, -0.2) is 4.79 Å². The van der Waals surface area contributed by atoms with Gasteiger partial charge in [0.1, 0.15) is 11.6 Å². The molecule has 1 aliphatic heterocycles. The van der Waals surface area contributed by atoms with Crippen LogP contribution in [0.1, 0.15) is 41.4 Å². The van der Waals surface area contributed by atoms with Gasteiger partial charge >= 0.3 is 6.03 Å². The number of nitrogens with zero attached hydrogens (tertiary/aromatic N) is 3. The van der Waals surface area contributed by atoms with Crippen molar-refractivity contribution in [2.45, 2.75) is 25.2 Å². The molecule has 2 aromatic rings. The van der Waals surface area contributed by atoms with E-state index in [0.29, 0.717) is 36.0 Å². The molecule has 1 aliphatic carbocycles. The Hall–Kier alpha value is -3.10. The molecule has 2 aliphatic rings. The molecule has 0 atom stereocenters. The van der Waals surface area contributed by atoms with Gasteiger partial charge in [-0.1, -0.05) is 6.42 Å². The number of hydrogen-bond donors (Lipinski definition) is 3. The Morgan fingerprint density at radius 2 is 2.23 bits per heavy atom. The molecule has 4 rings (SSSR count). The lowest BCUT2D eigenvalue weighted by molar-refractivity contribution is 0.102. The maximum atomic E-state index is 12.6. The standard InChI is InChI=1S/C17H20N6O3/c1-26-13-6-5-11(9-12(13)23-8-7-18-17(23)25)15(24)20-16-19-14(21-22-16)10-3-2-4-10/h5-6,9-10H,2-4,7-8H2,1H3,(H,18,25)(H2,19,20,21,22,24). The van der Waals surface area contributed by atoms with E-state index in [1.54, 1.807) is 23.1 Å². The van der Waals surface area contributed by atoms with Gasteiger partial charge < -0.3 is 10.1 Å². The van der Waals surface area contributed by atoms with Crippen molar-refractivity contribution >= 4 is 23.6 Å². The number of carbonyl (C=O) groups excluding carboxylic acids is 2. The van der Waals surface area contributed by atoms with E-state index in [2.05, 4.69) is 25.8 Å². The molecule has 0 radical (unpaired) electrons. The van der Waals surface area contributed by atoms with Crippen molar-refractivity contribution in [3.8, 4) is 5.75 Å². The number of carbonyl (C=O) groups is 2. The maximum absolute atomic E-state index is 12.6. The number of anilines is 2. The molecule has 0 spiro atoms. The molecule has 3 amide bonds. The summed E-state index contributed by atoms with van der Waals surface area (Å²) in [5, 5.41) is 12.4. The van der Waals surface area contributed by atoms with E-state index in [4.69, 9.17) is 4.74 Å². The number of aromatic nitrogens is 3. The fourth-order valence-corrected chi connectivity index (χ4v) is 3.11. The normalized spacial score (nSPS) is 17.0. The molecule has 2 fully saturated rings. The molecule has 1 saturated heterocycles. The number of benzene rings is 1. The Morgan fingerprint density at radius 3 is 2.88 bits per heavy atom. The highest BCUT2D eigenvalue weighted by molar-refractivity contribution is 6.05. The first-order valence-electron chi connectivity index (χ1n) is 8.63. The topological polar surface area (TPSA) is 112 Å². The summed E-state index contributed by atoms with van der Waals surface area (Å²) in [4.78, 5) is 30.4. The third-order valence-corrected chi connectivity index (χ3v) is 4.81. The number of amides is 3. The number of aromatic amines is 1. The summed E-state index contributed by atoms with van der Waals surface area (Å²) in [6.07, 6.45) is 3.40. The van der Waals surface area contributed by atoms with Gasteiger partial charge in [-0.3, -0.25) is 20.1 Å². The van der Waals surface area contributed by atoms with E-state index >= 15 is 0 Å². The van der Waals surface area contributed by atoms with Gasteiger partial charge in [-0.15, -0.1) is 5.10 Å². The van der Waals surface area contributed by atoms with Crippen LogP contribution in [0.5, 0.6) is 5.75 Å². The van der Waals surface area contributed by atoms with E-state index < -0.39 is 0 Å². The lowest BCUT2D eigenvalue weighted by atomic mass is 9.85. The second-order valence-corrected chi connectivity index (χ2v) is 6.40. The smallest absolute Gasteiger partial charge is 0.322 e. The summed E-state index contributed by atoms with van der Waals surface area (Å²) < 4.78 is 5.32.